The summed E-state index contributed by atoms with van der Waals surface area (Å²) >= 11 is 3.67. The fourth-order valence-electron chi connectivity index (χ4n) is 5.08. The van der Waals surface area contributed by atoms with Crippen molar-refractivity contribution in [3.8, 4) is 17.2 Å². The molecule has 1 atom stereocenters. The summed E-state index contributed by atoms with van der Waals surface area (Å²) in [5.41, 5.74) is 3.73. The molecule has 2 N–H and O–H groups in total. The van der Waals surface area contributed by atoms with E-state index in [2.05, 4.69) is 40.4 Å². The van der Waals surface area contributed by atoms with Gasteiger partial charge in [0.2, 0.25) is 0 Å². The van der Waals surface area contributed by atoms with E-state index in [9.17, 15) is 9.59 Å². The van der Waals surface area contributed by atoms with Crippen LogP contribution in [0.5, 0.6) is 17.2 Å². The standard InChI is InChI=1S/C28H31BrN2O5/c1-15-24(27(33)31-18-9-7-8-10-21(18)34-4)25(16-11-22(35-5)23(36-6)12-17(16)29)26-19(30-15)13-28(2,3)14-20(26)32/h7-12,25,30H,13-14H2,1-6H3,(H,31,33)/t25-/m0/s1. The van der Waals surface area contributed by atoms with Crippen LogP contribution in [0.3, 0.4) is 0 Å². The van der Waals surface area contributed by atoms with Gasteiger partial charge in [0.25, 0.3) is 5.91 Å². The zero-order valence-corrected chi connectivity index (χ0v) is 23.0. The summed E-state index contributed by atoms with van der Waals surface area (Å²) in [7, 11) is 4.69. The van der Waals surface area contributed by atoms with Crippen LogP contribution in [-0.4, -0.2) is 33.0 Å². The maximum atomic E-state index is 13.9. The highest BCUT2D eigenvalue weighted by atomic mass is 79.9. The van der Waals surface area contributed by atoms with E-state index < -0.39 is 5.92 Å². The molecule has 36 heavy (non-hydrogen) atoms. The maximum absolute atomic E-state index is 13.9. The number of allylic oxidation sites excluding steroid dienone is 3. The van der Waals surface area contributed by atoms with Crippen molar-refractivity contribution in [3.63, 3.8) is 0 Å². The lowest BCUT2D eigenvalue weighted by Gasteiger charge is -2.40. The first-order chi connectivity index (χ1) is 17.1. The number of Topliss-reactive ketones (excluding diaryl/α,β-unsaturated/α-hetero) is 1. The van der Waals surface area contributed by atoms with Gasteiger partial charge in [-0.25, -0.2) is 0 Å². The van der Waals surface area contributed by atoms with Crippen LogP contribution in [0.25, 0.3) is 0 Å². The summed E-state index contributed by atoms with van der Waals surface area (Å²) in [6.07, 6.45) is 1.10. The Morgan fingerprint density at radius 2 is 1.67 bits per heavy atom. The molecule has 0 saturated heterocycles. The number of rotatable bonds is 6. The number of nitrogens with one attached hydrogen (secondary N) is 2. The smallest absolute Gasteiger partial charge is 0.254 e. The molecule has 2 aromatic rings. The van der Waals surface area contributed by atoms with Crippen molar-refractivity contribution in [2.24, 2.45) is 5.41 Å². The summed E-state index contributed by atoms with van der Waals surface area (Å²) in [5, 5.41) is 6.39. The first-order valence-electron chi connectivity index (χ1n) is 11.7. The molecule has 2 aromatic carbocycles. The van der Waals surface area contributed by atoms with Gasteiger partial charge in [-0.05, 0) is 48.6 Å². The molecule has 1 aliphatic heterocycles. The highest BCUT2D eigenvalue weighted by Gasteiger charge is 2.43. The molecule has 0 saturated carbocycles. The third kappa shape index (κ3) is 4.74. The van der Waals surface area contributed by atoms with Gasteiger partial charge in [0.05, 0.1) is 27.0 Å². The normalized spacial score (nSPS) is 18.9. The SMILES string of the molecule is COc1ccccc1NC(=O)C1=C(C)NC2=C(C(=O)CC(C)(C)C2)[C@H]1c1cc(OC)c(OC)cc1Br. The number of ketones is 1. The predicted molar refractivity (Wildman–Crippen MR) is 142 cm³/mol. The van der Waals surface area contributed by atoms with Crippen LogP contribution in [0.4, 0.5) is 5.69 Å². The van der Waals surface area contributed by atoms with Crippen molar-refractivity contribution in [2.45, 2.75) is 39.5 Å². The number of para-hydroxylation sites is 2. The van der Waals surface area contributed by atoms with Crippen molar-refractivity contribution in [2.75, 3.05) is 26.6 Å². The molecule has 0 bridgehead atoms. The Morgan fingerprint density at radius 1 is 1.03 bits per heavy atom. The predicted octanol–water partition coefficient (Wildman–Crippen LogP) is 5.72. The number of halogens is 1. The van der Waals surface area contributed by atoms with E-state index in [1.54, 1.807) is 39.5 Å². The van der Waals surface area contributed by atoms with Crippen LogP contribution in [0, 0.1) is 5.41 Å². The number of hydrogen-bond acceptors (Lipinski definition) is 6. The third-order valence-electron chi connectivity index (χ3n) is 6.65. The van der Waals surface area contributed by atoms with Crippen LogP contribution < -0.4 is 24.8 Å². The number of hydrogen-bond donors (Lipinski definition) is 2. The topological polar surface area (TPSA) is 85.9 Å². The molecule has 1 aliphatic carbocycles. The van der Waals surface area contributed by atoms with Gasteiger partial charge in [-0.1, -0.05) is 41.9 Å². The summed E-state index contributed by atoms with van der Waals surface area (Å²) in [5.74, 6) is 0.715. The summed E-state index contributed by atoms with van der Waals surface area (Å²) in [6, 6.07) is 10.9. The molecule has 2 aliphatic rings. The lowest BCUT2D eigenvalue weighted by molar-refractivity contribution is -0.118. The van der Waals surface area contributed by atoms with Crippen molar-refractivity contribution in [1.82, 2.24) is 5.32 Å². The second kappa shape index (κ2) is 10.0. The zero-order valence-electron chi connectivity index (χ0n) is 21.4. The average molecular weight is 555 g/mol. The maximum Gasteiger partial charge on any atom is 0.254 e. The summed E-state index contributed by atoms with van der Waals surface area (Å²) < 4.78 is 17.2. The van der Waals surface area contributed by atoms with Crippen molar-refractivity contribution < 1.29 is 23.8 Å². The van der Waals surface area contributed by atoms with Crippen molar-refractivity contribution in [1.29, 1.82) is 0 Å². The van der Waals surface area contributed by atoms with Crippen molar-refractivity contribution in [3.05, 3.63) is 69.0 Å². The van der Waals surface area contributed by atoms with Crippen LogP contribution in [0.15, 0.2) is 63.4 Å². The van der Waals surface area contributed by atoms with Gasteiger partial charge in [0, 0.05) is 39.4 Å². The Hall–Kier alpha value is -3.26. The number of carbonyl (C=O) groups is 2. The van der Waals surface area contributed by atoms with Crippen molar-refractivity contribution >= 4 is 33.3 Å². The van der Waals surface area contributed by atoms with E-state index in [1.807, 2.05) is 25.1 Å². The Kier molecular flexibility index (Phi) is 7.18. The van der Waals surface area contributed by atoms with E-state index in [-0.39, 0.29) is 17.1 Å². The highest BCUT2D eigenvalue weighted by Crippen LogP contribution is 2.49. The third-order valence-corrected chi connectivity index (χ3v) is 7.34. The number of carbonyl (C=O) groups excluding carboxylic acids is 2. The highest BCUT2D eigenvalue weighted by molar-refractivity contribution is 9.10. The Bertz CT molecular complexity index is 1290. The van der Waals surface area contributed by atoms with E-state index in [0.717, 1.165) is 11.3 Å². The number of ether oxygens (including phenoxy) is 3. The lowest BCUT2D eigenvalue weighted by atomic mass is 9.68. The lowest BCUT2D eigenvalue weighted by Crippen LogP contribution is -2.39. The van der Waals surface area contributed by atoms with Crippen LogP contribution in [0.1, 0.15) is 45.1 Å². The van der Waals surface area contributed by atoms with E-state index in [4.69, 9.17) is 14.2 Å². The first-order valence-corrected chi connectivity index (χ1v) is 12.5. The minimum absolute atomic E-state index is 0.0236. The van der Waals surface area contributed by atoms with Crippen LogP contribution >= 0.6 is 15.9 Å². The zero-order chi connectivity index (χ0) is 26.2. The molecular formula is C28H31BrN2O5. The fraction of sp³-hybridized carbons (Fsp3) is 0.357. The van der Waals surface area contributed by atoms with Crippen LogP contribution in [0.2, 0.25) is 0 Å². The minimum Gasteiger partial charge on any atom is -0.495 e. The molecule has 0 radical (unpaired) electrons. The molecule has 7 nitrogen and oxygen atoms in total. The average Bonchev–Trinajstić information content (AvgIpc) is 2.82. The Balaban J connectivity index is 1.89. The second-order valence-corrected chi connectivity index (χ2v) is 10.7. The van der Waals surface area contributed by atoms with Gasteiger partial charge in [-0.15, -0.1) is 0 Å². The second-order valence-electron chi connectivity index (χ2n) is 9.81. The quantitative estimate of drug-likeness (QED) is 0.475. The van der Waals surface area contributed by atoms with Gasteiger partial charge in [-0.3, -0.25) is 9.59 Å². The van der Waals surface area contributed by atoms with Gasteiger partial charge in [0.1, 0.15) is 5.75 Å². The van der Waals surface area contributed by atoms with Gasteiger partial charge in [-0.2, -0.15) is 0 Å². The van der Waals surface area contributed by atoms with Gasteiger partial charge in [0.15, 0.2) is 17.3 Å². The molecule has 1 amide bonds. The largest absolute Gasteiger partial charge is 0.495 e. The number of amides is 1. The Labute approximate surface area is 220 Å². The summed E-state index contributed by atoms with van der Waals surface area (Å²) in [4.78, 5) is 27.5. The molecule has 190 valence electrons. The van der Waals surface area contributed by atoms with Gasteiger partial charge < -0.3 is 24.8 Å². The molecule has 1 heterocycles. The molecule has 0 spiro atoms. The molecule has 0 fully saturated rings. The Morgan fingerprint density at radius 3 is 2.33 bits per heavy atom. The fourth-order valence-corrected chi connectivity index (χ4v) is 5.63. The first kappa shape index (κ1) is 25.8. The molecule has 0 aromatic heterocycles. The van der Waals surface area contributed by atoms with Crippen LogP contribution in [-0.2, 0) is 9.59 Å². The molecule has 4 rings (SSSR count). The monoisotopic (exact) mass is 554 g/mol. The summed E-state index contributed by atoms with van der Waals surface area (Å²) in [6.45, 7) is 6.04. The number of methoxy groups -OCH3 is 3. The molecule has 0 unspecified atom stereocenters. The minimum atomic E-state index is -0.603. The van der Waals surface area contributed by atoms with E-state index >= 15 is 0 Å². The van der Waals surface area contributed by atoms with Gasteiger partial charge >= 0.3 is 0 Å². The van der Waals surface area contributed by atoms with E-state index in [0.29, 0.717) is 57.1 Å². The van der Waals surface area contributed by atoms with E-state index in [1.165, 1.54) is 0 Å². The number of anilines is 1. The number of dihydropyridines is 1. The number of benzene rings is 2. The molecule has 8 heteroatoms. The molecular weight excluding hydrogens is 524 g/mol.